The fourth-order valence-electron chi connectivity index (χ4n) is 2.65. The molecule has 162 valence electrons. The third-order valence-corrected chi connectivity index (χ3v) is 4.95. The van der Waals surface area contributed by atoms with Crippen LogP contribution in [0.2, 0.25) is 0 Å². The number of non-ortho nitro benzene ring substituents is 1. The van der Waals surface area contributed by atoms with E-state index in [9.17, 15) is 14.9 Å². The van der Waals surface area contributed by atoms with Crippen LogP contribution in [0.15, 0.2) is 46.0 Å². The first-order chi connectivity index (χ1) is 15.0. The molecule has 0 aliphatic carbocycles. The first kappa shape index (κ1) is 22.1. The average Bonchev–Trinajstić information content (AvgIpc) is 3.26. The number of rotatable bonds is 10. The normalized spacial score (nSPS) is 10.5. The van der Waals surface area contributed by atoms with Gasteiger partial charge in [-0.2, -0.15) is 0 Å². The third-order valence-electron chi connectivity index (χ3n) is 4.13. The summed E-state index contributed by atoms with van der Waals surface area (Å²) in [5.41, 5.74) is 0.851. The number of nitro benzene ring substituents is 1. The standard InChI is InChI=1S/C20H19N3O7S/c1-4-29-18-16(27-2)9-13(10-17(18)28-3)19-21-22-20(30-19)31-11-15(24)12-5-7-14(8-6-12)23(25)26/h5-10H,4,11H2,1-3H3. The van der Waals surface area contributed by atoms with E-state index >= 15 is 0 Å². The van der Waals surface area contributed by atoms with Crippen LogP contribution in [0.1, 0.15) is 17.3 Å². The lowest BCUT2D eigenvalue weighted by molar-refractivity contribution is -0.384. The van der Waals surface area contributed by atoms with Crippen LogP contribution in [0, 0.1) is 10.1 Å². The molecule has 1 heterocycles. The van der Waals surface area contributed by atoms with Crippen molar-refractivity contribution in [2.24, 2.45) is 0 Å². The number of nitro groups is 1. The Kier molecular flexibility index (Phi) is 7.08. The number of aromatic nitrogens is 2. The molecule has 0 unspecified atom stereocenters. The highest BCUT2D eigenvalue weighted by molar-refractivity contribution is 7.99. The number of nitrogens with zero attached hydrogens (tertiary/aromatic N) is 3. The lowest BCUT2D eigenvalue weighted by Gasteiger charge is -2.14. The van der Waals surface area contributed by atoms with E-state index in [1.165, 1.54) is 38.5 Å². The van der Waals surface area contributed by atoms with Gasteiger partial charge < -0.3 is 18.6 Å². The molecule has 3 aromatic rings. The number of hydrogen-bond acceptors (Lipinski definition) is 10. The van der Waals surface area contributed by atoms with Crippen LogP contribution in [0.5, 0.6) is 17.2 Å². The highest BCUT2D eigenvalue weighted by Crippen LogP contribution is 2.41. The Morgan fingerprint density at radius 3 is 2.32 bits per heavy atom. The summed E-state index contributed by atoms with van der Waals surface area (Å²) in [7, 11) is 3.03. The van der Waals surface area contributed by atoms with E-state index in [0.29, 0.717) is 35.0 Å². The highest BCUT2D eigenvalue weighted by Gasteiger charge is 2.19. The second-order valence-electron chi connectivity index (χ2n) is 6.03. The van der Waals surface area contributed by atoms with Crippen LogP contribution >= 0.6 is 11.8 Å². The van der Waals surface area contributed by atoms with Gasteiger partial charge in [-0.3, -0.25) is 14.9 Å². The second kappa shape index (κ2) is 9.94. The second-order valence-corrected chi connectivity index (χ2v) is 6.96. The van der Waals surface area contributed by atoms with Gasteiger partial charge in [-0.25, -0.2) is 0 Å². The minimum atomic E-state index is -0.520. The molecule has 0 N–H and O–H groups in total. The van der Waals surface area contributed by atoms with Gasteiger partial charge in [-0.05, 0) is 31.2 Å². The summed E-state index contributed by atoms with van der Waals surface area (Å²) in [6.07, 6.45) is 0. The van der Waals surface area contributed by atoms with E-state index in [1.54, 1.807) is 12.1 Å². The molecule has 2 aromatic carbocycles. The molecular weight excluding hydrogens is 426 g/mol. The molecule has 0 aliphatic heterocycles. The third kappa shape index (κ3) is 5.12. The van der Waals surface area contributed by atoms with Crippen molar-refractivity contribution in [2.75, 3.05) is 26.6 Å². The van der Waals surface area contributed by atoms with Gasteiger partial charge in [-0.15, -0.1) is 10.2 Å². The van der Waals surface area contributed by atoms with Gasteiger partial charge in [0.1, 0.15) is 0 Å². The number of ether oxygens (including phenoxy) is 3. The van der Waals surface area contributed by atoms with Crippen LogP contribution in [-0.4, -0.2) is 47.5 Å². The molecule has 10 nitrogen and oxygen atoms in total. The van der Waals surface area contributed by atoms with Crippen molar-refractivity contribution in [1.29, 1.82) is 0 Å². The summed E-state index contributed by atoms with van der Waals surface area (Å²) >= 11 is 1.07. The van der Waals surface area contributed by atoms with Crippen LogP contribution in [0.3, 0.4) is 0 Å². The summed E-state index contributed by atoms with van der Waals surface area (Å²) in [6, 6.07) is 8.79. The number of ketones is 1. The molecule has 0 fully saturated rings. The number of benzene rings is 2. The highest BCUT2D eigenvalue weighted by atomic mass is 32.2. The maximum Gasteiger partial charge on any atom is 0.277 e. The lowest BCUT2D eigenvalue weighted by atomic mass is 10.1. The molecule has 0 atom stereocenters. The topological polar surface area (TPSA) is 127 Å². The maximum absolute atomic E-state index is 12.3. The van der Waals surface area contributed by atoms with E-state index in [0.717, 1.165) is 11.8 Å². The number of carbonyl (C=O) groups is 1. The van der Waals surface area contributed by atoms with Gasteiger partial charge in [-0.1, -0.05) is 11.8 Å². The number of methoxy groups -OCH3 is 2. The minimum Gasteiger partial charge on any atom is -0.493 e. The molecule has 0 amide bonds. The number of hydrogen-bond donors (Lipinski definition) is 0. The van der Waals surface area contributed by atoms with E-state index in [2.05, 4.69) is 10.2 Å². The first-order valence-electron chi connectivity index (χ1n) is 9.10. The van der Waals surface area contributed by atoms with Crippen molar-refractivity contribution in [1.82, 2.24) is 10.2 Å². The predicted octanol–water partition coefficient (Wildman–Crippen LogP) is 4.04. The maximum atomic E-state index is 12.3. The Balaban J connectivity index is 1.73. The number of carbonyl (C=O) groups excluding carboxylic acids is 1. The van der Waals surface area contributed by atoms with Crippen LogP contribution in [0.4, 0.5) is 5.69 Å². The molecular formula is C20H19N3O7S. The summed E-state index contributed by atoms with van der Waals surface area (Å²) in [6.45, 7) is 2.29. The van der Waals surface area contributed by atoms with Crippen molar-refractivity contribution < 1.29 is 28.3 Å². The SMILES string of the molecule is CCOc1c(OC)cc(-c2nnc(SCC(=O)c3ccc([N+](=O)[O-])cc3)o2)cc1OC. The lowest BCUT2D eigenvalue weighted by Crippen LogP contribution is -2.02. The molecule has 31 heavy (non-hydrogen) atoms. The van der Waals surface area contributed by atoms with E-state index in [1.807, 2.05) is 6.92 Å². The molecule has 0 spiro atoms. The Bertz CT molecular complexity index is 1060. The quantitative estimate of drug-likeness (QED) is 0.195. The molecule has 0 saturated carbocycles. The van der Waals surface area contributed by atoms with Crippen molar-refractivity contribution in [3.05, 3.63) is 52.1 Å². The zero-order valence-electron chi connectivity index (χ0n) is 17.0. The first-order valence-corrected chi connectivity index (χ1v) is 10.1. The fraction of sp³-hybridized carbons (Fsp3) is 0.250. The minimum absolute atomic E-state index is 0.0371. The molecule has 0 radical (unpaired) electrons. The van der Waals surface area contributed by atoms with E-state index in [4.69, 9.17) is 18.6 Å². The molecule has 11 heteroatoms. The van der Waals surface area contributed by atoms with Crippen molar-refractivity contribution in [2.45, 2.75) is 12.1 Å². The monoisotopic (exact) mass is 445 g/mol. The van der Waals surface area contributed by atoms with Crippen molar-refractivity contribution in [3.8, 4) is 28.7 Å². The van der Waals surface area contributed by atoms with Crippen LogP contribution < -0.4 is 14.2 Å². The smallest absolute Gasteiger partial charge is 0.277 e. The van der Waals surface area contributed by atoms with Crippen LogP contribution in [-0.2, 0) is 0 Å². The Labute approximate surface area is 181 Å². The summed E-state index contributed by atoms with van der Waals surface area (Å²) in [5, 5.41) is 18.9. The Hall–Kier alpha value is -3.60. The molecule has 0 aliphatic rings. The molecule has 0 saturated heterocycles. The largest absolute Gasteiger partial charge is 0.493 e. The molecule has 0 bridgehead atoms. The van der Waals surface area contributed by atoms with Gasteiger partial charge in [0.15, 0.2) is 17.3 Å². The van der Waals surface area contributed by atoms with Gasteiger partial charge in [0.2, 0.25) is 11.6 Å². The Morgan fingerprint density at radius 1 is 1.13 bits per heavy atom. The number of thioether (sulfide) groups is 1. The van der Waals surface area contributed by atoms with Crippen molar-refractivity contribution >= 4 is 23.2 Å². The predicted molar refractivity (Wildman–Crippen MR) is 112 cm³/mol. The van der Waals surface area contributed by atoms with E-state index in [-0.39, 0.29) is 28.3 Å². The van der Waals surface area contributed by atoms with Gasteiger partial charge in [0.05, 0.1) is 31.5 Å². The summed E-state index contributed by atoms with van der Waals surface area (Å²) in [4.78, 5) is 22.5. The number of Topliss-reactive ketones (excluding diaryl/α,β-unsaturated/α-hetero) is 1. The Morgan fingerprint density at radius 2 is 1.77 bits per heavy atom. The molecule has 3 rings (SSSR count). The van der Waals surface area contributed by atoms with Crippen molar-refractivity contribution in [3.63, 3.8) is 0 Å². The summed E-state index contributed by atoms with van der Waals surface area (Å²) < 4.78 is 22.0. The zero-order valence-corrected chi connectivity index (χ0v) is 17.8. The fourth-order valence-corrected chi connectivity index (χ4v) is 3.31. The van der Waals surface area contributed by atoms with Gasteiger partial charge in [0.25, 0.3) is 10.9 Å². The van der Waals surface area contributed by atoms with Crippen LogP contribution in [0.25, 0.3) is 11.5 Å². The van der Waals surface area contributed by atoms with E-state index < -0.39 is 4.92 Å². The average molecular weight is 445 g/mol. The summed E-state index contributed by atoms with van der Waals surface area (Å²) in [5.74, 6) is 1.43. The van der Waals surface area contributed by atoms with Gasteiger partial charge in [0, 0.05) is 23.3 Å². The zero-order chi connectivity index (χ0) is 22.4. The molecule has 1 aromatic heterocycles. The van der Waals surface area contributed by atoms with Gasteiger partial charge >= 0.3 is 0 Å².